The fraction of sp³-hybridized carbons (Fsp3) is 0.316. The highest BCUT2D eigenvalue weighted by Gasteiger charge is 2.15. The van der Waals surface area contributed by atoms with Gasteiger partial charge in [0.1, 0.15) is 5.69 Å². The predicted octanol–water partition coefficient (Wildman–Crippen LogP) is 5.20. The first-order chi connectivity index (χ1) is 11.8. The lowest BCUT2D eigenvalue weighted by atomic mass is 10.3. The molecule has 0 aliphatic heterocycles. The van der Waals surface area contributed by atoms with E-state index >= 15 is 0 Å². The number of halogens is 2. The van der Waals surface area contributed by atoms with Gasteiger partial charge in [-0.2, -0.15) is 0 Å². The molecule has 4 rings (SSSR count). The molecule has 4 nitrogen and oxygen atoms in total. The Labute approximate surface area is 170 Å². The van der Waals surface area contributed by atoms with Crippen LogP contribution in [0, 0.1) is 0 Å². The number of para-hydroxylation sites is 2. The third-order valence-corrected chi connectivity index (χ3v) is 5.56. The Morgan fingerprint density at radius 3 is 2.38 bits per heavy atom. The number of fused-ring (bicyclic) bond motifs is 3. The van der Waals surface area contributed by atoms with Crippen LogP contribution in [0.3, 0.4) is 0 Å². The minimum absolute atomic E-state index is 0. The number of hydrogen-bond acceptors (Lipinski definition) is 3. The first kappa shape index (κ1) is 20.8. The number of hydrogen-bond donors (Lipinski definition) is 0. The molecule has 26 heavy (non-hydrogen) atoms. The Kier molecular flexibility index (Phi) is 7.12. The average Bonchev–Trinajstić information content (AvgIpc) is 3.32. The number of rotatable bonds is 6. The van der Waals surface area contributed by atoms with E-state index in [-0.39, 0.29) is 24.8 Å². The van der Waals surface area contributed by atoms with Gasteiger partial charge in [-0.25, -0.2) is 4.98 Å². The molecule has 0 radical (unpaired) electrons. The Bertz CT molecular complexity index is 955. The maximum atomic E-state index is 4.94. The third kappa shape index (κ3) is 3.62. The number of nitrogens with zero attached hydrogens (tertiary/aromatic N) is 4. The summed E-state index contributed by atoms with van der Waals surface area (Å²) in [6.07, 6.45) is 2.16. The molecule has 0 saturated carbocycles. The Morgan fingerprint density at radius 2 is 1.73 bits per heavy atom. The van der Waals surface area contributed by atoms with Crippen molar-refractivity contribution in [1.82, 2.24) is 18.9 Å². The van der Waals surface area contributed by atoms with E-state index in [0.29, 0.717) is 0 Å². The summed E-state index contributed by atoms with van der Waals surface area (Å²) >= 11 is 1.74. The Balaban J connectivity index is 0.00000121. The van der Waals surface area contributed by atoms with Crippen molar-refractivity contribution in [3.63, 3.8) is 0 Å². The minimum Gasteiger partial charge on any atom is -0.308 e. The summed E-state index contributed by atoms with van der Waals surface area (Å²) in [7, 11) is 0. The molecule has 0 spiro atoms. The summed E-state index contributed by atoms with van der Waals surface area (Å²) in [6.45, 7) is 8.61. The van der Waals surface area contributed by atoms with Crippen molar-refractivity contribution in [3.05, 3.63) is 48.0 Å². The van der Waals surface area contributed by atoms with Gasteiger partial charge in [0.2, 0.25) is 5.78 Å². The van der Waals surface area contributed by atoms with E-state index in [1.165, 1.54) is 15.9 Å². The second kappa shape index (κ2) is 8.91. The van der Waals surface area contributed by atoms with Crippen LogP contribution in [0.25, 0.3) is 27.4 Å². The van der Waals surface area contributed by atoms with Crippen molar-refractivity contribution in [2.45, 2.75) is 20.4 Å². The number of imidazole rings is 2. The molecule has 0 fully saturated rings. The molecular weight excluding hydrogens is 387 g/mol. The monoisotopic (exact) mass is 410 g/mol. The minimum atomic E-state index is 0. The van der Waals surface area contributed by atoms with Crippen LogP contribution in [0.5, 0.6) is 0 Å². The second-order valence-electron chi connectivity index (χ2n) is 5.94. The molecule has 0 bridgehead atoms. The lowest BCUT2D eigenvalue weighted by Crippen LogP contribution is -2.27. The third-order valence-electron chi connectivity index (χ3n) is 4.67. The molecule has 0 saturated heterocycles. The van der Waals surface area contributed by atoms with Gasteiger partial charge in [0.15, 0.2) is 0 Å². The highest BCUT2D eigenvalue weighted by Crippen LogP contribution is 2.28. The fourth-order valence-electron chi connectivity index (χ4n) is 3.29. The molecule has 0 aliphatic carbocycles. The predicted molar refractivity (Wildman–Crippen MR) is 116 cm³/mol. The first-order valence-electron chi connectivity index (χ1n) is 8.54. The molecule has 0 unspecified atom stereocenters. The van der Waals surface area contributed by atoms with Gasteiger partial charge in [-0.15, -0.1) is 36.2 Å². The van der Waals surface area contributed by atoms with Crippen molar-refractivity contribution in [3.8, 4) is 10.6 Å². The van der Waals surface area contributed by atoms with Crippen LogP contribution in [-0.2, 0) is 6.54 Å². The number of aromatic nitrogens is 3. The van der Waals surface area contributed by atoms with Crippen molar-refractivity contribution in [2.75, 3.05) is 19.6 Å². The smallest absolute Gasteiger partial charge is 0.215 e. The standard InChI is InChI=1S/C19H22N4S.2ClH/c1-3-21(4-2)11-12-22-16-8-5-6-9-17(16)23-14-15(20-19(22)23)18-10-7-13-24-18;;/h5-10,13-14H,3-4,11-12H2,1-2H3;2*1H. The quantitative estimate of drug-likeness (QED) is 0.436. The van der Waals surface area contributed by atoms with Gasteiger partial charge in [0.05, 0.1) is 15.9 Å². The highest BCUT2D eigenvalue weighted by molar-refractivity contribution is 7.13. The van der Waals surface area contributed by atoms with Crippen molar-refractivity contribution < 1.29 is 0 Å². The van der Waals surface area contributed by atoms with E-state index in [4.69, 9.17) is 4.98 Å². The maximum absolute atomic E-state index is 4.94. The number of benzene rings is 1. The molecule has 0 atom stereocenters. The van der Waals surface area contributed by atoms with Gasteiger partial charge in [0, 0.05) is 19.3 Å². The normalized spacial score (nSPS) is 11.0. The summed E-state index contributed by atoms with van der Waals surface area (Å²) in [5, 5.41) is 2.10. The molecule has 140 valence electrons. The highest BCUT2D eigenvalue weighted by atomic mass is 35.5. The second-order valence-corrected chi connectivity index (χ2v) is 6.89. The summed E-state index contributed by atoms with van der Waals surface area (Å²) in [5.74, 6) is 1.03. The van der Waals surface area contributed by atoms with Gasteiger partial charge in [0.25, 0.3) is 0 Å². The van der Waals surface area contributed by atoms with Gasteiger partial charge < -0.3 is 9.47 Å². The van der Waals surface area contributed by atoms with Gasteiger partial charge in [-0.05, 0) is 36.7 Å². The molecule has 1 aromatic carbocycles. The molecule has 3 aromatic heterocycles. The SMILES string of the molecule is CCN(CC)CCn1c2ccccc2n2cc(-c3cccs3)nc12.Cl.Cl. The molecule has 4 aromatic rings. The topological polar surface area (TPSA) is 25.5 Å². The van der Waals surface area contributed by atoms with Crippen LogP contribution in [0.1, 0.15) is 13.8 Å². The van der Waals surface area contributed by atoms with Gasteiger partial charge in [-0.3, -0.25) is 4.40 Å². The van der Waals surface area contributed by atoms with Crippen LogP contribution in [0.4, 0.5) is 0 Å². The number of likely N-dealkylation sites (N-methyl/N-ethyl adjacent to an activating group) is 1. The van der Waals surface area contributed by atoms with Crippen LogP contribution < -0.4 is 0 Å². The van der Waals surface area contributed by atoms with Crippen LogP contribution in [-0.4, -0.2) is 38.5 Å². The largest absolute Gasteiger partial charge is 0.308 e. The van der Waals surface area contributed by atoms with E-state index in [9.17, 15) is 0 Å². The Morgan fingerprint density at radius 1 is 1.00 bits per heavy atom. The van der Waals surface area contributed by atoms with E-state index in [1.807, 2.05) is 0 Å². The molecule has 0 amide bonds. The zero-order chi connectivity index (χ0) is 16.5. The molecule has 0 aliphatic rings. The molecule has 7 heteroatoms. The summed E-state index contributed by atoms with van der Waals surface area (Å²) < 4.78 is 4.58. The number of thiophene rings is 1. The van der Waals surface area contributed by atoms with Crippen molar-refractivity contribution in [1.29, 1.82) is 0 Å². The lowest BCUT2D eigenvalue weighted by Gasteiger charge is -2.18. The van der Waals surface area contributed by atoms with Crippen LogP contribution in [0.15, 0.2) is 48.0 Å². The van der Waals surface area contributed by atoms with E-state index in [2.05, 4.69) is 75.7 Å². The van der Waals surface area contributed by atoms with E-state index < -0.39 is 0 Å². The fourth-order valence-corrected chi connectivity index (χ4v) is 3.97. The van der Waals surface area contributed by atoms with Crippen LogP contribution >= 0.6 is 36.2 Å². The summed E-state index contributed by atoms with van der Waals surface area (Å²) in [4.78, 5) is 8.61. The van der Waals surface area contributed by atoms with Gasteiger partial charge >= 0.3 is 0 Å². The summed E-state index contributed by atoms with van der Waals surface area (Å²) in [6, 6.07) is 12.8. The lowest BCUT2D eigenvalue weighted by molar-refractivity contribution is 0.293. The summed E-state index contributed by atoms with van der Waals surface area (Å²) in [5.41, 5.74) is 3.54. The van der Waals surface area contributed by atoms with E-state index in [1.54, 1.807) is 11.3 Å². The van der Waals surface area contributed by atoms with Crippen molar-refractivity contribution in [2.24, 2.45) is 0 Å². The van der Waals surface area contributed by atoms with Crippen LogP contribution in [0.2, 0.25) is 0 Å². The van der Waals surface area contributed by atoms with Gasteiger partial charge in [-0.1, -0.05) is 32.0 Å². The first-order valence-corrected chi connectivity index (χ1v) is 9.42. The van der Waals surface area contributed by atoms with E-state index in [0.717, 1.165) is 37.7 Å². The average molecular weight is 411 g/mol. The molecule has 0 N–H and O–H groups in total. The zero-order valence-electron chi connectivity index (χ0n) is 15.0. The molecular formula is C19H24Cl2N4S. The Hall–Kier alpha value is -1.53. The molecule has 3 heterocycles. The van der Waals surface area contributed by atoms with Crippen molar-refractivity contribution >= 4 is 53.0 Å². The maximum Gasteiger partial charge on any atom is 0.215 e. The zero-order valence-corrected chi connectivity index (χ0v) is 17.4.